The summed E-state index contributed by atoms with van der Waals surface area (Å²) in [5, 5.41) is 8.80. The minimum Gasteiger partial charge on any atom is -0.360 e. The van der Waals surface area contributed by atoms with Crippen LogP contribution in [-0.2, 0) is 6.67 Å². The van der Waals surface area contributed by atoms with Crippen molar-refractivity contribution in [3.05, 3.63) is 64.7 Å². The van der Waals surface area contributed by atoms with Gasteiger partial charge in [0.05, 0.1) is 31.6 Å². The number of quaternary nitrogens is 1. The van der Waals surface area contributed by atoms with E-state index in [1.807, 2.05) is 12.1 Å². The Morgan fingerprint density at radius 1 is 1.04 bits per heavy atom. The third kappa shape index (κ3) is 3.23. The average molecular weight is 340 g/mol. The second-order valence-electron chi connectivity index (χ2n) is 6.28. The zero-order valence-corrected chi connectivity index (χ0v) is 13.7. The molecule has 0 radical (unpaired) electrons. The molecule has 1 N–H and O–H groups in total. The molecule has 1 aliphatic rings. The number of anilines is 1. The first-order chi connectivity index (χ1) is 12.2. The first-order valence-electron chi connectivity index (χ1n) is 8.37. The van der Waals surface area contributed by atoms with Gasteiger partial charge in [0, 0.05) is 5.69 Å². The van der Waals surface area contributed by atoms with Crippen molar-refractivity contribution < 1.29 is 9.29 Å². The zero-order chi connectivity index (χ0) is 17.2. The molecule has 128 valence electrons. The minimum atomic E-state index is -0.220. The first kappa shape index (κ1) is 15.7. The lowest BCUT2D eigenvalue weighted by Gasteiger charge is -2.33. The number of benzene rings is 2. The molecule has 0 saturated carbocycles. The summed E-state index contributed by atoms with van der Waals surface area (Å²) >= 11 is 0. The van der Waals surface area contributed by atoms with E-state index in [9.17, 15) is 9.18 Å². The molecule has 0 bridgehead atoms. The normalized spacial score (nSPS) is 15.6. The summed E-state index contributed by atoms with van der Waals surface area (Å²) in [7, 11) is 0. The lowest BCUT2D eigenvalue weighted by atomic mass is 10.2. The van der Waals surface area contributed by atoms with Crippen molar-refractivity contribution in [3.8, 4) is 0 Å². The van der Waals surface area contributed by atoms with Crippen LogP contribution in [0.2, 0.25) is 0 Å². The predicted molar refractivity (Wildman–Crippen MR) is 93.1 cm³/mol. The Kier molecular flexibility index (Phi) is 4.15. The molecule has 2 heterocycles. The number of hydrogen-bond donors (Lipinski definition) is 1. The van der Waals surface area contributed by atoms with Crippen molar-refractivity contribution in [2.75, 3.05) is 31.1 Å². The monoisotopic (exact) mass is 340 g/mol. The lowest BCUT2D eigenvalue weighted by Crippen LogP contribution is -3.14. The van der Waals surface area contributed by atoms with Gasteiger partial charge in [-0.25, -0.2) is 4.39 Å². The molecule has 0 amide bonds. The maximum atomic E-state index is 13.0. The summed E-state index contributed by atoms with van der Waals surface area (Å²) in [6.45, 7) is 4.00. The van der Waals surface area contributed by atoms with Gasteiger partial charge >= 0.3 is 0 Å². The van der Waals surface area contributed by atoms with E-state index in [-0.39, 0.29) is 11.4 Å². The van der Waals surface area contributed by atoms with Crippen molar-refractivity contribution in [3.63, 3.8) is 0 Å². The summed E-state index contributed by atoms with van der Waals surface area (Å²) in [5.74, 6) is -0.220. The van der Waals surface area contributed by atoms with Gasteiger partial charge in [-0.3, -0.25) is 4.79 Å². The highest BCUT2D eigenvalue weighted by atomic mass is 19.1. The highest BCUT2D eigenvalue weighted by Crippen LogP contribution is 2.14. The second-order valence-corrected chi connectivity index (χ2v) is 6.28. The first-order valence-corrected chi connectivity index (χ1v) is 8.37. The van der Waals surface area contributed by atoms with Crippen LogP contribution in [0.5, 0.6) is 0 Å². The van der Waals surface area contributed by atoms with Gasteiger partial charge < -0.3 is 9.80 Å². The number of hydrogen-bond acceptors (Lipinski definition) is 4. The van der Waals surface area contributed by atoms with Crippen molar-refractivity contribution >= 4 is 16.6 Å². The molecule has 7 heteroatoms. The van der Waals surface area contributed by atoms with Gasteiger partial charge in [0.25, 0.3) is 5.56 Å². The molecule has 0 atom stereocenters. The third-order valence-corrected chi connectivity index (χ3v) is 4.67. The number of fused-ring (bicyclic) bond motifs is 1. The van der Waals surface area contributed by atoms with Gasteiger partial charge in [-0.2, -0.15) is 4.68 Å². The number of nitrogens with zero attached hydrogens (tertiary/aromatic N) is 4. The van der Waals surface area contributed by atoms with E-state index >= 15 is 0 Å². The zero-order valence-electron chi connectivity index (χ0n) is 13.7. The maximum Gasteiger partial charge on any atom is 0.282 e. The average Bonchev–Trinajstić information content (AvgIpc) is 2.66. The number of piperazine rings is 1. The fourth-order valence-electron chi connectivity index (χ4n) is 3.23. The molecule has 2 aromatic carbocycles. The molecule has 3 aromatic rings. The molecule has 1 aromatic heterocycles. The molecule has 1 saturated heterocycles. The minimum absolute atomic E-state index is 0.0981. The molecular weight excluding hydrogens is 321 g/mol. The van der Waals surface area contributed by atoms with Crippen molar-refractivity contribution in [1.82, 2.24) is 15.0 Å². The van der Waals surface area contributed by atoms with Crippen molar-refractivity contribution in [2.45, 2.75) is 6.67 Å². The second kappa shape index (κ2) is 6.60. The van der Waals surface area contributed by atoms with E-state index in [0.29, 0.717) is 17.6 Å². The largest absolute Gasteiger partial charge is 0.360 e. The summed E-state index contributed by atoms with van der Waals surface area (Å²) in [6.07, 6.45) is 0. The molecule has 0 unspecified atom stereocenters. The van der Waals surface area contributed by atoms with E-state index < -0.39 is 0 Å². The van der Waals surface area contributed by atoms with Gasteiger partial charge in [-0.1, -0.05) is 17.3 Å². The summed E-state index contributed by atoms with van der Waals surface area (Å²) < 4.78 is 14.5. The number of halogens is 1. The smallest absolute Gasteiger partial charge is 0.282 e. The highest BCUT2D eigenvalue weighted by molar-refractivity contribution is 5.76. The van der Waals surface area contributed by atoms with Crippen LogP contribution >= 0.6 is 0 Å². The fraction of sp³-hybridized carbons (Fsp3) is 0.278. The fourth-order valence-corrected chi connectivity index (χ4v) is 3.23. The lowest BCUT2D eigenvalue weighted by molar-refractivity contribution is -0.924. The van der Waals surface area contributed by atoms with Crippen LogP contribution in [0.4, 0.5) is 10.1 Å². The molecule has 6 nitrogen and oxygen atoms in total. The molecule has 0 aliphatic carbocycles. The van der Waals surface area contributed by atoms with E-state index in [2.05, 4.69) is 15.2 Å². The molecule has 4 rings (SSSR count). The summed E-state index contributed by atoms with van der Waals surface area (Å²) in [6, 6.07) is 13.8. The Morgan fingerprint density at radius 3 is 2.52 bits per heavy atom. The van der Waals surface area contributed by atoms with Gasteiger partial charge in [0.2, 0.25) is 0 Å². The molecular formula is C18H19FN5O+. The Morgan fingerprint density at radius 2 is 1.76 bits per heavy atom. The highest BCUT2D eigenvalue weighted by Gasteiger charge is 2.21. The summed E-state index contributed by atoms with van der Waals surface area (Å²) in [4.78, 5) is 16.0. The standard InChI is InChI=1S/C18H18FN5O/c19-14-5-7-15(8-6-14)23-11-9-22(10-12-23)13-24-18(25)16-3-1-2-4-17(16)20-21-24/h1-8H,9-13H2/p+1. The number of aromatic nitrogens is 3. The SMILES string of the molecule is O=c1c2ccccc2nnn1C[NH+]1CCN(c2ccc(F)cc2)CC1. The van der Waals surface area contributed by atoms with Crippen LogP contribution in [0.15, 0.2) is 53.3 Å². The van der Waals surface area contributed by atoms with Crippen LogP contribution in [0.1, 0.15) is 0 Å². The number of nitrogens with one attached hydrogen (secondary N) is 1. The third-order valence-electron chi connectivity index (χ3n) is 4.67. The topological polar surface area (TPSA) is 55.5 Å². The summed E-state index contributed by atoms with van der Waals surface area (Å²) in [5.41, 5.74) is 1.56. The van der Waals surface area contributed by atoms with Crippen LogP contribution in [0.25, 0.3) is 10.9 Å². The van der Waals surface area contributed by atoms with Crippen molar-refractivity contribution in [2.24, 2.45) is 0 Å². The van der Waals surface area contributed by atoms with Gasteiger partial charge in [0.15, 0.2) is 6.67 Å². The maximum absolute atomic E-state index is 13.0. The van der Waals surface area contributed by atoms with E-state index in [1.165, 1.54) is 21.7 Å². The Bertz CT molecular complexity index is 932. The van der Waals surface area contributed by atoms with E-state index in [0.717, 1.165) is 31.9 Å². The van der Waals surface area contributed by atoms with Crippen molar-refractivity contribution in [1.29, 1.82) is 0 Å². The Balaban J connectivity index is 1.44. The molecule has 25 heavy (non-hydrogen) atoms. The molecule has 0 spiro atoms. The Labute approximate surface area is 144 Å². The van der Waals surface area contributed by atoms with Crippen LogP contribution in [-0.4, -0.2) is 41.2 Å². The van der Waals surface area contributed by atoms with E-state index in [1.54, 1.807) is 24.3 Å². The number of rotatable bonds is 3. The molecule has 1 fully saturated rings. The van der Waals surface area contributed by atoms with Crippen LogP contribution in [0.3, 0.4) is 0 Å². The van der Waals surface area contributed by atoms with Crippen LogP contribution < -0.4 is 15.4 Å². The van der Waals surface area contributed by atoms with Gasteiger partial charge in [-0.15, -0.1) is 5.10 Å². The van der Waals surface area contributed by atoms with E-state index in [4.69, 9.17) is 0 Å². The molecule has 1 aliphatic heterocycles. The van der Waals surface area contributed by atoms with Gasteiger partial charge in [-0.05, 0) is 36.4 Å². The van der Waals surface area contributed by atoms with Gasteiger partial charge in [0.1, 0.15) is 11.3 Å². The quantitative estimate of drug-likeness (QED) is 0.745. The van der Waals surface area contributed by atoms with Crippen LogP contribution in [0, 0.1) is 5.82 Å². The Hall–Kier alpha value is -2.80. The predicted octanol–water partition coefficient (Wildman–Crippen LogP) is 0.293.